The largest absolute Gasteiger partial charge is 0.465 e. The Labute approximate surface area is 123 Å². The van der Waals surface area contributed by atoms with Gasteiger partial charge in [-0.3, -0.25) is 4.90 Å². The van der Waals surface area contributed by atoms with Crippen LogP contribution in [0.4, 0.5) is 0 Å². The van der Waals surface area contributed by atoms with E-state index < -0.39 is 0 Å². The predicted octanol–water partition coefficient (Wildman–Crippen LogP) is 3.63. The lowest BCUT2D eigenvalue weighted by atomic mass is 10.1. The summed E-state index contributed by atoms with van der Waals surface area (Å²) < 4.78 is 5.87. The number of furan rings is 1. The molecule has 1 aliphatic rings. The van der Waals surface area contributed by atoms with Crippen LogP contribution in [0.3, 0.4) is 0 Å². The normalized spacial score (nSPS) is 17.4. The Morgan fingerprint density at radius 3 is 2.70 bits per heavy atom. The van der Waals surface area contributed by atoms with Crippen LogP contribution >= 0.6 is 0 Å². The minimum absolute atomic E-state index is 0.121. The second-order valence-corrected chi connectivity index (χ2v) is 6.95. The summed E-state index contributed by atoms with van der Waals surface area (Å²) in [7, 11) is 0. The Morgan fingerprint density at radius 2 is 2.05 bits per heavy atom. The average molecular weight is 276 g/mol. The van der Waals surface area contributed by atoms with E-state index in [0.717, 1.165) is 37.7 Å². The van der Waals surface area contributed by atoms with Crippen LogP contribution < -0.4 is 5.32 Å². The Morgan fingerprint density at radius 1 is 1.30 bits per heavy atom. The van der Waals surface area contributed by atoms with E-state index in [-0.39, 0.29) is 5.54 Å². The molecule has 1 aromatic heterocycles. The van der Waals surface area contributed by atoms with Crippen LogP contribution in [0.5, 0.6) is 0 Å². The highest BCUT2D eigenvalue weighted by molar-refractivity contribution is 5.21. The van der Waals surface area contributed by atoms with Gasteiger partial charge in [-0.1, -0.05) is 11.6 Å². The van der Waals surface area contributed by atoms with Crippen molar-refractivity contribution in [3.8, 4) is 0 Å². The van der Waals surface area contributed by atoms with Gasteiger partial charge in [0.15, 0.2) is 0 Å². The first-order valence-electron chi connectivity index (χ1n) is 7.55. The van der Waals surface area contributed by atoms with E-state index in [1.807, 2.05) is 0 Å². The zero-order valence-electron chi connectivity index (χ0n) is 13.5. The third-order valence-corrected chi connectivity index (χ3v) is 3.67. The van der Waals surface area contributed by atoms with Crippen molar-refractivity contribution in [2.75, 3.05) is 13.1 Å². The van der Waals surface area contributed by atoms with Gasteiger partial charge in [-0.05, 0) is 47.1 Å². The highest BCUT2D eigenvalue weighted by atomic mass is 16.3. The van der Waals surface area contributed by atoms with E-state index in [4.69, 9.17) is 4.42 Å². The van der Waals surface area contributed by atoms with Crippen LogP contribution in [0.2, 0.25) is 0 Å². The first kappa shape index (κ1) is 15.3. The molecule has 0 bridgehead atoms. The molecule has 2 rings (SSSR count). The smallest absolute Gasteiger partial charge is 0.118 e. The monoisotopic (exact) mass is 276 g/mol. The van der Waals surface area contributed by atoms with Crippen molar-refractivity contribution in [1.29, 1.82) is 0 Å². The van der Waals surface area contributed by atoms with E-state index in [9.17, 15) is 0 Å². The Bertz CT molecular complexity index is 480. The molecular weight excluding hydrogens is 248 g/mol. The molecule has 0 spiro atoms. The van der Waals surface area contributed by atoms with Crippen molar-refractivity contribution in [2.45, 2.75) is 59.7 Å². The molecule has 3 heteroatoms. The summed E-state index contributed by atoms with van der Waals surface area (Å²) in [5.41, 5.74) is 2.92. The molecule has 0 unspecified atom stereocenters. The highest BCUT2D eigenvalue weighted by Gasteiger charge is 2.16. The fourth-order valence-electron chi connectivity index (χ4n) is 2.55. The Balaban J connectivity index is 1.95. The van der Waals surface area contributed by atoms with Crippen molar-refractivity contribution in [2.24, 2.45) is 0 Å². The van der Waals surface area contributed by atoms with Crippen molar-refractivity contribution in [1.82, 2.24) is 10.2 Å². The van der Waals surface area contributed by atoms with Crippen molar-refractivity contribution >= 4 is 0 Å². The lowest BCUT2D eigenvalue weighted by Crippen LogP contribution is -2.34. The minimum Gasteiger partial charge on any atom is -0.465 e. The molecule has 0 saturated carbocycles. The number of nitrogens with zero attached hydrogens (tertiary/aromatic N) is 1. The van der Waals surface area contributed by atoms with Crippen molar-refractivity contribution in [3.05, 3.63) is 34.8 Å². The lowest BCUT2D eigenvalue weighted by molar-refractivity contribution is 0.280. The van der Waals surface area contributed by atoms with Gasteiger partial charge in [0.1, 0.15) is 11.5 Å². The van der Waals surface area contributed by atoms with E-state index in [1.165, 1.54) is 17.6 Å². The maximum Gasteiger partial charge on any atom is 0.118 e. The summed E-state index contributed by atoms with van der Waals surface area (Å²) in [5, 5.41) is 3.47. The molecule has 0 atom stereocenters. The molecule has 1 N–H and O–H groups in total. The van der Waals surface area contributed by atoms with Gasteiger partial charge in [-0.15, -0.1) is 0 Å². The van der Waals surface area contributed by atoms with E-state index >= 15 is 0 Å². The van der Waals surface area contributed by atoms with Crippen molar-refractivity contribution in [3.63, 3.8) is 0 Å². The number of rotatable bonds is 4. The Kier molecular flexibility index (Phi) is 4.71. The van der Waals surface area contributed by atoms with Crippen LogP contribution in [0, 0.1) is 6.92 Å². The topological polar surface area (TPSA) is 28.4 Å². The number of hydrogen-bond acceptors (Lipinski definition) is 3. The second kappa shape index (κ2) is 6.15. The van der Waals surface area contributed by atoms with Crippen LogP contribution in [0.15, 0.2) is 22.1 Å². The van der Waals surface area contributed by atoms with Gasteiger partial charge in [0, 0.05) is 30.7 Å². The van der Waals surface area contributed by atoms with Crippen LogP contribution in [-0.4, -0.2) is 23.5 Å². The summed E-state index contributed by atoms with van der Waals surface area (Å²) in [6.45, 7) is 14.8. The summed E-state index contributed by atoms with van der Waals surface area (Å²) in [5.74, 6) is 2.10. The second-order valence-electron chi connectivity index (χ2n) is 6.95. The van der Waals surface area contributed by atoms with E-state index in [2.05, 4.69) is 57.0 Å². The maximum atomic E-state index is 5.87. The SMILES string of the molecule is CC1=CCCN(Cc2cc(CNC(C)(C)C)oc2C)C1. The highest BCUT2D eigenvalue weighted by Crippen LogP contribution is 2.19. The van der Waals surface area contributed by atoms with Gasteiger partial charge in [0.2, 0.25) is 0 Å². The summed E-state index contributed by atoms with van der Waals surface area (Å²) in [6.07, 6.45) is 3.51. The third kappa shape index (κ3) is 4.50. The first-order valence-corrected chi connectivity index (χ1v) is 7.55. The molecule has 0 aliphatic carbocycles. The standard InChI is InChI=1S/C17H28N2O/c1-13-7-6-8-19(11-13)12-15-9-16(20-14(15)2)10-18-17(3,4)5/h7,9,18H,6,8,10-12H2,1-5H3. The molecule has 0 radical (unpaired) electrons. The van der Waals surface area contributed by atoms with Gasteiger partial charge >= 0.3 is 0 Å². The Hall–Kier alpha value is -1.06. The van der Waals surface area contributed by atoms with Gasteiger partial charge < -0.3 is 9.73 Å². The summed E-state index contributed by atoms with van der Waals surface area (Å²) in [6, 6.07) is 2.21. The molecular formula is C17H28N2O. The average Bonchev–Trinajstić information content (AvgIpc) is 2.67. The zero-order chi connectivity index (χ0) is 14.8. The van der Waals surface area contributed by atoms with Gasteiger partial charge in [0.05, 0.1) is 6.54 Å². The fourth-order valence-corrected chi connectivity index (χ4v) is 2.55. The molecule has 0 fully saturated rings. The van der Waals surface area contributed by atoms with Crippen molar-refractivity contribution < 1.29 is 4.42 Å². The molecule has 0 aromatic carbocycles. The van der Waals surface area contributed by atoms with E-state index in [1.54, 1.807) is 0 Å². The van der Waals surface area contributed by atoms with Crippen LogP contribution in [0.1, 0.15) is 51.2 Å². The third-order valence-electron chi connectivity index (χ3n) is 3.67. The molecule has 1 aliphatic heterocycles. The first-order chi connectivity index (χ1) is 9.33. The zero-order valence-corrected chi connectivity index (χ0v) is 13.5. The molecule has 0 saturated heterocycles. The molecule has 112 valence electrons. The van der Waals surface area contributed by atoms with Crippen LogP contribution in [0.25, 0.3) is 0 Å². The lowest BCUT2D eigenvalue weighted by Gasteiger charge is -2.25. The number of nitrogens with one attached hydrogen (secondary N) is 1. The molecule has 20 heavy (non-hydrogen) atoms. The summed E-state index contributed by atoms with van der Waals surface area (Å²) >= 11 is 0. The maximum absolute atomic E-state index is 5.87. The van der Waals surface area contributed by atoms with Gasteiger partial charge in [-0.25, -0.2) is 0 Å². The quantitative estimate of drug-likeness (QED) is 0.851. The van der Waals surface area contributed by atoms with Crippen LogP contribution in [-0.2, 0) is 13.1 Å². The molecule has 3 nitrogen and oxygen atoms in total. The number of aryl methyl sites for hydroxylation is 1. The summed E-state index contributed by atoms with van der Waals surface area (Å²) in [4.78, 5) is 2.49. The minimum atomic E-state index is 0.121. The van der Waals surface area contributed by atoms with E-state index in [0.29, 0.717) is 0 Å². The molecule has 2 heterocycles. The van der Waals surface area contributed by atoms with Gasteiger partial charge in [-0.2, -0.15) is 0 Å². The molecule has 0 amide bonds. The fraction of sp³-hybridized carbons (Fsp3) is 0.647. The number of hydrogen-bond donors (Lipinski definition) is 1. The predicted molar refractivity (Wildman–Crippen MR) is 83.7 cm³/mol. The molecule has 1 aromatic rings. The van der Waals surface area contributed by atoms with Gasteiger partial charge in [0.25, 0.3) is 0 Å².